The Morgan fingerprint density at radius 3 is 2.66 bits per heavy atom. The lowest BCUT2D eigenvalue weighted by Gasteiger charge is -2.41. The van der Waals surface area contributed by atoms with Crippen LogP contribution in [-0.2, 0) is 16.0 Å². The molecule has 1 atom stereocenters. The number of hydrogen-bond donors (Lipinski definition) is 0. The first-order valence-electron chi connectivity index (χ1n) is 10.7. The van der Waals surface area contributed by atoms with E-state index in [9.17, 15) is 18.4 Å². The summed E-state index contributed by atoms with van der Waals surface area (Å²) < 4.78 is 33.1. The Kier molecular flexibility index (Phi) is 6.17. The number of carbonyl (C=O) groups excluding carboxylic acids is 2. The monoisotopic (exact) mass is 438 g/mol. The van der Waals surface area contributed by atoms with E-state index in [-0.39, 0.29) is 36.7 Å². The maximum Gasteiger partial charge on any atom is 0.314 e. The smallest absolute Gasteiger partial charge is 0.314 e. The minimum Gasteiger partial charge on any atom is -0.466 e. The van der Waals surface area contributed by atoms with E-state index >= 15 is 0 Å². The third-order valence-corrected chi connectivity index (χ3v) is 5.97. The summed E-state index contributed by atoms with van der Waals surface area (Å²) >= 11 is 0. The lowest BCUT2D eigenvalue weighted by Crippen LogP contribution is -2.51. The van der Waals surface area contributed by atoms with Crippen LogP contribution in [0.4, 0.5) is 8.78 Å². The standard InChI is InChI=1S/C25H24F2N2O3/c1-2-32-24(31)25(14-18-8-9-20(26)13-21(18)27)10-5-11-29(16-25)23(30)22-12-17-6-3-4-7-19(17)15-28-22/h3-4,6-9,12-13,15H,2,5,10-11,14,16H2,1H3/t25-/m0/s1. The van der Waals surface area contributed by atoms with Gasteiger partial charge in [-0.2, -0.15) is 0 Å². The zero-order chi connectivity index (χ0) is 22.7. The first kappa shape index (κ1) is 21.9. The van der Waals surface area contributed by atoms with Gasteiger partial charge in [-0.1, -0.05) is 30.3 Å². The number of likely N-dealkylation sites (tertiary alicyclic amines) is 1. The lowest BCUT2D eigenvalue weighted by atomic mass is 9.74. The van der Waals surface area contributed by atoms with Crippen LogP contribution in [0.1, 0.15) is 35.8 Å². The predicted molar refractivity (Wildman–Crippen MR) is 116 cm³/mol. The number of carbonyl (C=O) groups is 2. The highest BCUT2D eigenvalue weighted by atomic mass is 19.1. The molecule has 0 radical (unpaired) electrons. The quantitative estimate of drug-likeness (QED) is 0.549. The van der Waals surface area contributed by atoms with E-state index in [2.05, 4.69) is 4.98 Å². The van der Waals surface area contributed by atoms with Crippen LogP contribution in [0, 0.1) is 17.0 Å². The van der Waals surface area contributed by atoms with Crippen molar-refractivity contribution in [3.63, 3.8) is 0 Å². The Hall–Kier alpha value is -3.35. The van der Waals surface area contributed by atoms with Crippen molar-refractivity contribution in [2.24, 2.45) is 5.41 Å². The molecule has 1 aromatic heterocycles. The summed E-state index contributed by atoms with van der Waals surface area (Å²) in [5.41, 5.74) is -0.603. The number of fused-ring (bicyclic) bond motifs is 1. The Balaban J connectivity index is 1.64. The molecule has 32 heavy (non-hydrogen) atoms. The van der Waals surface area contributed by atoms with Crippen molar-refractivity contribution in [3.05, 3.63) is 77.6 Å². The molecule has 7 heteroatoms. The van der Waals surface area contributed by atoms with E-state index < -0.39 is 23.0 Å². The molecule has 1 saturated heterocycles. The molecular weight excluding hydrogens is 414 g/mol. The molecule has 4 rings (SSSR count). The Morgan fingerprint density at radius 1 is 1.12 bits per heavy atom. The molecule has 166 valence electrons. The SMILES string of the molecule is CCOC(=O)[C@]1(Cc2ccc(F)cc2F)CCCN(C(=O)c2cc3ccccc3cn2)C1. The average Bonchev–Trinajstić information content (AvgIpc) is 2.80. The highest BCUT2D eigenvalue weighted by Crippen LogP contribution is 2.36. The normalized spacial score (nSPS) is 18.5. The summed E-state index contributed by atoms with van der Waals surface area (Å²) in [6.07, 6.45) is 2.67. The Labute approximate surface area is 185 Å². The zero-order valence-corrected chi connectivity index (χ0v) is 17.8. The second-order valence-electron chi connectivity index (χ2n) is 8.16. The van der Waals surface area contributed by atoms with Gasteiger partial charge in [0, 0.05) is 30.7 Å². The molecule has 2 aromatic carbocycles. The molecule has 1 amide bonds. The van der Waals surface area contributed by atoms with Crippen molar-refractivity contribution < 1.29 is 23.1 Å². The second kappa shape index (κ2) is 9.02. The van der Waals surface area contributed by atoms with Gasteiger partial charge in [-0.15, -0.1) is 0 Å². The number of ether oxygens (including phenoxy) is 1. The first-order valence-corrected chi connectivity index (χ1v) is 10.7. The van der Waals surface area contributed by atoms with Crippen molar-refractivity contribution in [2.75, 3.05) is 19.7 Å². The van der Waals surface area contributed by atoms with Crippen molar-refractivity contribution in [1.29, 1.82) is 0 Å². The molecule has 5 nitrogen and oxygen atoms in total. The van der Waals surface area contributed by atoms with Gasteiger partial charge in [-0.25, -0.2) is 8.78 Å². The number of nitrogens with zero attached hydrogens (tertiary/aromatic N) is 2. The zero-order valence-electron chi connectivity index (χ0n) is 17.8. The highest BCUT2D eigenvalue weighted by molar-refractivity contribution is 5.96. The van der Waals surface area contributed by atoms with Crippen LogP contribution in [0.2, 0.25) is 0 Å². The fourth-order valence-corrected chi connectivity index (χ4v) is 4.36. The third kappa shape index (κ3) is 4.33. The molecule has 0 spiro atoms. The van der Waals surface area contributed by atoms with Gasteiger partial charge in [0.05, 0.1) is 12.0 Å². The van der Waals surface area contributed by atoms with Crippen LogP contribution in [0.25, 0.3) is 10.8 Å². The molecule has 1 aliphatic rings. The van der Waals surface area contributed by atoms with Crippen LogP contribution in [0.5, 0.6) is 0 Å². The number of benzene rings is 2. The molecule has 0 unspecified atom stereocenters. The van der Waals surface area contributed by atoms with Gasteiger partial charge >= 0.3 is 5.97 Å². The van der Waals surface area contributed by atoms with E-state index in [4.69, 9.17) is 4.74 Å². The van der Waals surface area contributed by atoms with Crippen LogP contribution >= 0.6 is 0 Å². The van der Waals surface area contributed by atoms with E-state index in [0.29, 0.717) is 19.4 Å². The number of esters is 1. The van der Waals surface area contributed by atoms with E-state index in [1.54, 1.807) is 24.1 Å². The number of hydrogen-bond acceptors (Lipinski definition) is 4. The van der Waals surface area contributed by atoms with Crippen LogP contribution in [0.3, 0.4) is 0 Å². The largest absolute Gasteiger partial charge is 0.466 e. The Bertz CT molecular complexity index is 1170. The van der Waals surface area contributed by atoms with Gasteiger partial charge in [0.15, 0.2) is 0 Å². The summed E-state index contributed by atoms with van der Waals surface area (Å²) in [5, 5.41) is 1.82. The van der Waals surface area contributed by atoms with Gasteiger partial charge in [-0.05, 0) is 49.3 Å². The summed E-state index contributed by atoms with van der Waals surface area (Å²) in [5.74, 6) is -2.16. The number of pyridine rings is 1. The van der Waals surface area contributed by atoms with Crippen molar-refractivity contribution in [3.8, 4) is 0 Å². The van der Waals surface area contributed by atoms with E-state index in [0.717, 1.165) is 16.8 Å². The average molecular weight is 438 g/mol. The van der Waals surface area contributed by atoms with Crippen LogP contribution in [0.15, 0.2) is 54.7 Å². The van der Waals surface area contributed by atoms with Gasteiger partial charge < -0.3 is 9.64 Å². The highest BCUT2D eigenvalue weighted by Gasteiger charge is 2.45. The molecule has 0 N–H and O–H groups in total. The number of halogens is 2. The maximum atomic E-state index is 14.4. The summed E-state index contributed by atoms with van der Waals surface area (Å²) in [4.78, 5) is 32.2. The Morgan fingerprint density at radius 2 is 1.91 bits per heavy atom. The minimum absolute atomic E-state index is 0.0207. The number of aromatic nitrogens is 1. The molecular formula is C25H24F2N2O3. The number of amides is 1. The summed E-state index contributed by atoms with van der Waals surface area (Å²) in [6, 6.07) is 12.7. The fourth-order valence-electron chi connectivity index (χ4n) is 4.36. The van der Waals surface area contributed by atoms with Gasteiger partial charge in [0.2, 0.25) is 0 Å². The summed E-state index contributed by atoms with van der Waals surface area (Å²) in [6.45, 7) is 2.41. The van der Waals surface area contributed by atoms with Gasteiger partial charge in [0.1, 0.15) is 17.3 Å². The first-order chi connectivity index (χ1) is 15.4. The number of piperidine rings is 1. The molecule has 0 bridgehead atoms. The summed E-state index contributed by atoms with van der Waals surface area (Å²) in [7, 11) is 0. The lowest BCUT2D eigenvalue weighted by molar-refractivity contribution is -0.158. The predicted octanol–water partition coefficient (Wildman–Crippen LogP) is 4.54. The molecule has 1 aliphatic heterocycles. The molecule has 0 aliphatic carbocycles. The van der Waals surface area contributed by atoms with E-state index in [1.807, 2.05) is 24.3 Å². The van der Waals surface area contributed by atoms with Crippen LogP contribution < -0.4 is 0 Å². The van der Waals surface area contributed by atoms with Crippen molar-refractivity contribution in [2.45, 2.75) is 26.2 Å². The molecule has 1 fully saturated rings. The van der Waals surface area contributed by atoms with Crippen molar-refractivity contribution in [1.82, 2.24) is 9.88 Å². The van der Waals surface area contributed by atoms with Crippen molar-refractivity contribution >= 4 is 22.6 Å². The third-order valence-electron chi connectivity index (χ3n) is 5.97. The second-order valence-corrected chi connectivity index (χ2v) is 8.16. The maximum absolute atomic E-state index is 14.4. The fraction of sp³-hybridized carbons (Fsp3) is 0.320. The number of rotatable bonds is 5. The van der Waals surface area contributed by atoms with Crippen LogP contribution in [-0.4, -0.2) is 41.5 Å². The topological polar surface area (TPSA) is 59.5 Å². The molecule has 0 saturated carbocycles. The van der Waals surface area contributed by atoms with E-state index in [1.165, 1.54) is 12.1 Å². The van der Waals surface area contributed by atoms with Gasteiger partial charge in [-0.3, -0.25) is 14.6 Å². The molecule has 2 heterocycles. The minimum atomic E-state index is -1.11. The molecule has 3 aromatic rings. The van der Waals surface area contributed by atoms with Gasteiger partial charge in [0.25, 0.3) is 5.91 Å².